The highest BCUT2D eigenvalue weighted by molar-refractivity contribution is 7.92. The van der Waals surface area contributed by atoms with Gasteiger partial charge in [0.05, 0.1) is 10.6 Å². The second kappa shape index (κ2) is 13.3. The van der Waals surface area contributed by atoms with Crippen LogP contribution in [-0.4, -0.2) is 50.3 Å². The summed E-state index contributed by atoms with van der Waals surface area (Å²) < 4.78 is 29.3. The van der Waals surface area contributed by atoms with Crippen LogP contribution in [0.4, 0.5) is 5.69 Å². The SMILES string of the molecule is Cc1ccc(S(=O)(=O)N(CC(=O)N(CCc2ccccc2)[C@@H](C)C(=O)NC2CCCC2)c2cccc(C)c2C)cc1. The minimum absolute atomic E-state index is 0.111. The predicted octanol–water partition coefficient (Wildman–Crippen LogP) is 5.33. The molecule has 0 radical (unpaired) electrons. The Bertz CT molecular complexity index is 1450. The number of carbonyl (C=O) groups excluding carboxylic acids is 2. The summed E-state index contributed by atoms with van der Waals surface area (Å²) in [5.41, 5.74) is 4.12. The lowest BCUT2D eigenvalue weighted by atomic mass is 10.1. The van der Waals surface area contributed by atoms with Crippen LogP contribution >= 0.6 is 0 Å². The molecule has 3 aromatic carbocycles. The normalized spacial score (nSPS) is 14.4. The molecule has 8 heteroatoms. The number of hydrogen-bond acceptors (Lipinski definition) is 4. The van der Waals surface area contributed by atoms with Gasteiger partial charge in [0.2, 0.25) is 11.8 Å². The van der Waals surface area contributed by atoms with Crippen molar-refractivity contribution in [1.82, 2.24) is 10.2 Å². The van der Waals surface area contributed by atoms with E-state index in [0.29, 0.717) is 12.1 Å². The summed E-state index contributed by atoms with van der Waals surface area (Å²) in [6.45, 7) is 7.26. The highest BCUT2D eigenvalue weighted by Crippen LogP contribution is 2.29. The van der Waals surface area contributed by atoms with Gasteiger partial charge in [-0.1, -0.05) is 73.0 Å². The van der Waals surface area contributed by atoms with Crippen LogP contribution in [0.3, 0.4) is 0 Å². The maximum absolute atomic E-state index is 14.1. The number of carbonyl (C=O) groups is 2. The molecule has 0 heterocycles. The van der Waals surface area contributed by atoms with E-state index in [9.17, 15) is 18.0 Å². The van der Waals surface area contributed by atoms with Gasteiger partial charge in [0.15, 0.2) is 0 Å². The zero-order valence-corrected chi connectivity index (χ0v) is 25.3. The monoisotopic (exact) mass is 575 g/mol. The molecular weight excluding hydrogens is 534 g/mol. The van der Waals surface area contributed by atoms with Crippen molar-refractivity contribution in [1.29, 1.82) is 0 Å². The van der Waals surface area contributed by atoms with E-state index in [-0.39, 0.29) is 23.4 Å². The minimum atomic E-state index is -4.09. The first-order chi connectivity index (χ1) is 19.6. The van der Waals surface area contributed by atoms with Crippen LogP contribution in [0.15, 0.2) is 77.7 Å². The number of nitrogens with zero attached hydrogens (tertiary/aromatic N) is 2. The fraction of sp³-hybridized carbons (Fsp3) is 0.394. The van der Waals surface area contributed by atoms with Crippen molar-refractivity contribution in [3.63, 3.8) is 0 Å². The van der Waals surface area contributed by atoms with Gasteiger partial charge in [-0.25, -0.2) is 8.42 Å². The average Bonchev–Trinajstić information content (AvgIpc) is 3.47. The average molecular weight is 576 g/mol. The fourth-order valence-corrected chi connectivity index (χ4v) is 6.79. The molecule has 0 aliphatic heterocycles. The van der Waals surface area contributed by atoms with Gasteiger partial charge in [-0.2, -0.15) is 0 Å². The summed E-state index contributed by atoms with van der Waals surface area (Å²) in [5.74, 6) is -0.635. The Kier molecular flexibility index (Phi) is 9.86. The molecule has 1 saturated carbocycles. The van der Waals surface area contributed by atoms with Crippen LogP contribution in [0.25, 0.3) is 0 Å². The van der Waals surface area contributed by atoms with E-state index < -0.39 is 28.5 Å². The number of aryl methyl sites for hydroxylation is 2. The molecule has 0 unspecified atom stereocenters. The lowest BCUT2D eigenvalue weighted by molar-refractivity contribution is -0.139. The van der Waals surface area contributed by atoms with E-state index in [0.717, 1.165) is 47.9 Å². The molecule has 218 valence electrons. The second-order valence-electron chi connectivity index (χ2n) is 11.0. The molecule has 0 bridgehead atoms. The minimum Gasteiger partial charge on any atom is -0.352 e. The van der Waals surface area contributed by atoms with E-state index >= 15 is 0 Å². The van der Waals surface area contributed by atoms with E-state index in [1.165, 1.54) is 9.21 Å². The van der Waals surface area contributed by atoms with Gasteiger partial charge in [0.25, 0.3) is 10.0 Å². The topological polar surface area (TPSA) is 86.8 Å². The molecule has 1 N–H and O–H groups in total. The lowest BCUT2D eigenvalue weighted by Crippen LogP contribution is -2.53. The number of rotatable bonds is 11. The highest BCUT2D eigenvalue weighted by atomic mass is 32.2. The summed E-state index contributed by atoms with van der Waals surface area (Å²) in [4.78, 5) is 29.1. The van der Waals surface area contributed by atoms with Gasteiger partial charge in [0, 0.05) is 12.6 Å². The number of sulfonamides is 1. The van der Waals surface area contributed by atoms with E-state index in [1.807, 2.05) is 57.2 Å². The van der Waals surface area contributed by atoms with Crippen LogP contribution in [0, 0.1) is 20.8 Å². The summed E-state index contributed by atoms with van der Waals surface area (Å²) in [7, 11) is -4.09. The maximum atomic E-state index is 14.1. The van der Waals surface area contributed by atoms with Gasteiger partial charge >= 0.3 is 0 Å². The molecule has 1 aliphatic rings. The molecule has 1 aliphatic carbocycles. The third-order valence-electron chi connectivity index (χ3n) is 8.09. The third-order valence-corrected chi connectivity index (χ3v) is 9.86. The standard InChI is InChI=1S/C33H41N3O4S/c1-24-17-19-30(20-18-24)41(39,40)36(31-16-10-11-25(2)26(31)3)23-32(37)35(22-21-28-12-6-5-7-13-28)27(4)33(38)34-29-14-8-9-15-29/h5-7,10-13,16-20,27,29H,8-9,14-15,21-23H2,1-4H3,(H,34,38)/t27-/m0/s1. The van der Waals surface area contributed by atoms with Crippen molar-refractivity contribution < 1.29 is 18.0 Å². The number of hydrogen-bond donors (Lipinski definition) is 1. The van der Waals surface area contributed by atoms with Crippen molar-refractivity contribution in [2.75, 3.05) is 17.4 Å². The molecule has 1 atom stereocenters. The molecule has 0 saturated heterocycles. The smallest absolute Gasteiger partial charge is 0.264 e. The molecule has 1 fully saturated rings. The van der Waals surface area contributed by atoms with Gasteiger partial charge in [0.1, 0.15) is 12.6 Å². The van der Waals surface area contributed by atoms with Crippen LogP contribution in [0.2, 0.25) is 0 Å². The first kappa shape index (κ1) is 30.3. The summed E-state index contributed by atoms with van der Waals surface area (Å²) in [6.07, 6.45) is 4.58. The van der Waals surface area contributed by atoms with Gasteiger partial charge < -0.3 is 10.2 Å². The summed E-state index contributed by atoms with van der Waals surface area (Å²) in [6, 6.07) is 21.2. The molecule has 7 nitrogen and oxygen atoms in total. The molecule has 0 aromatic heterocycles. The van der Waals surface area contributed by atoms with Crippen LogP contribution in [0.1, 0.15) is 54.9 Å². The lowest BCUT2D eigenvalue weighted by Gasteiger charge is -2.33. The Labute approximate surface area is 244 Å². The molecule has 4 rings (SSSR count). The number of nitrogens with one attached hydrogen (secondary N) is 1. The molecule has 41 heavy (non-hydrogen) atoms. The Morgan fingerprint density at radius 1 is 0.902 bits per heavy atom. The predicted molar refractivity (Wildman–Crippen MR) is 163 cm³/mol. The van der Waals surface area contributed by atoms with E-state index in [1.54, 1.807) is 43.3 Å². The summed E-state index contributed by atoms with van der Waals surface area (Å²) in [5, 5.41) is 3.11. The van der Waals surface area contributed by atoms with Crippen molar-refractivity contribution in [2.24, 2.45) is 0 Å². The Morgan fingerprint density at radius 2 is 1.56 bits per heavy atom. The van der Waals surface area contributed by atoms with Crippen molar-refractivity contribution in [2.45, 2.75) is 76.8 Å². The number of amides is 2. The fourth-order valence-electron chi connectivity index (χ4n) is 5.32. The first-order valence-electron chi connectivity index (χ1n) is 14.4. The van der Waals surface area contributed by atoms with Crippen LogP contribution in [0.5, 0.6) is 0 Å². The van der Waals surface area contributed by atoms with E-state index in [2.05, 4.69) is 5.32 Å². The number of benzene rings is 3. The van der Waals surface area contributed by atoms with Crippen LogP contribution in [-0.2, 0) is 26.0 Å². The zero-order chi connectivity index (χ0) is 29.6. The molecule has 0 spiro atoms. The molecule has 3 aromatic rings. The second-order valence-corrected chi connectivity index (χ2v) is 12.9. The number of anilines is 1. The Morgan fingerprint density at radius 3 is 2.22 bits per heavy atom. The Balaban J connectivity index is 1.67. The van der Waals surface area contributed by atoms with Crippen molar-refractivity contribution in [3.05, 3.63) is 95.1 Å². The van der Waals surface area contributed by atoms with Crippen LogP contribution < -0.4 is 9.62 Å². The first-order valence-corrected chi connectivity index (χ1v) is 15.8. The van der Waals surface area contributed by atoms with Crippen molar-refractivity contribution in [3.8, 4) is 0 Å². The van der Waals surface area contributed by atoms with Gasteiger partial charge in [-0.05, 0) is 81.8 Å². The quantitative estimate of drug-likeness (QED) is 0.335. The largest absolute Gasteiger partial charge is 0.352 e. The van der Waals surface area contributed by atoms with Crippen molar-refractivity contribution >= 4 is 27.5 Å². The van der Waals surface area contributed by atoms with Gasteiger partial charge in [-0.3, -0.25) is 13.9 Å². The highest BCUT2D eigenvalue weighted by Gasteiger charge is 2.33. The molecule has 2 amide bonds. The van der Waals surface area contributed by atoms with Gasteiger partial charge in [-0.15, -0.1) is 0 Å². The zero-order valence-electron chi connectivity index (χ0n) is 24.5. The third kappa shape index (κ3) is 7.36. The van der Waals surface area contributed by atoms with E-state index in [4.69, 9.17) is 0 Å². The maximum Gasteiger partial charge on any atom is 0.264 e. The molecular formula is C33H41N3O4S. The Hall–Kier alpha value is -3.65. The summed E-state index contributed by atoms with van der Waals surface area (Å²) >= 11 is 0.